The number of urea groups is 1. The minimum Gasteiger partial charge on any atom is -0.354 e. The van der Waals surface area contributed by atoms with Gasteiger partial charge in [-0.05, 0) is 5.92 Å². The first kappa shape index (κ1) is 15.7. The molecule has 17 heavy (non-hydrogen) atoms. The molecule has 98 valence electrons. The molecule has 0 bridgehead atoms. The van der Waals surface area contributed by atoms with Crippen LogP contribution in [0.2, 0.25) is 0 Å². The van der Waals surface area contributed by atoms with E-state index < -0.39 is 11.9 Å². The molecule has 0 aliphatic heterocycles. The van der Waals surface area contributed by atoms with Crippen molar-refractivity contribution in [3.05, 3.63) is 0 Å². The lowest BCUT2D eigenvalue weighted by Crippen LogP contribution is -2.44. The number of amides is 4. The number of imide groups is 1. The van der Waals surface area contributed by atoms with Crippen LogP contribution in [0.3, 0.4) is 0 Å². The first-order chi connectivity index (χ1) is 7.95. The van der Waals surface area contributed by atoms with Crippen LogP contribution < -0.4 is 16.0 Å². The van der Waals surface area contributed by atoms with E-state index in [2.05, 4.69) is 10.6 Å². The smallest absolute Gasteiger partial charge is 0.321 e. The second-order valence-corrected chi connectivity index (χ2v) is 4.25. The summed E-state index contributed by atoms with van der Waals surface area (Å²) < 4.78 is 0. The predicted octanol–water partition coefficient (Wildman–Crippen LogP) is 0.213. The molecule has 0 aromatic heterocycles. The van der Waals surface area contributed by atoms with Gasteiger partial charge >= 0.3 is 6.03 Å². The molecule has 0 heterocycles. The number of halogens is 1. The van der Waals surface area contributed by atoms with E-state index in [9.17, 15) is 14.4 Å². The maximum atomic E-state index is 11.2. The molecule has 0 spiro atoms. The van der Waals surface area contributed by atoms with Crippen molar-refractivity contribution < 1.29 is 14.4 Å². The van der Waals surface area contributed by atoms with Crippen LogP contribution in [0.15, 0.2) is 0 Å². The highest BCUT2D eigenvalue weighted by molar-refractivity contribution is 6.19. The van der Waals surface area contributed by atoms with E-state index in [0.717, 1.165) is 0 Å². The van der Waals surface area contributed by atoms with Crippen molar-refractivity contribution in [1.29, 1.82) is 0 Å². The fourth-order valence-corrected chi connectivity index (χ4v) is 1.03. The van der Waals surface area contributed by atoms with Gasteiger partial charge in [-0.15, -0.1) is 11.6 Å². The van der Waals surface area contributed by atoms with Crippen LogP contribution in [0.1, 0.15) is 20.3 Å². The normalized spacial score (nSPS) is 9.88. The monoisotopic (exact) mass is 263 g/mol. The average molecular weight is 264 g/mol. The summed E-state index contributed by atoms with van der Waals surface area (Å²) in [6, 6.07) is -0.695. The molecule has 0 aliphatic rings. The number of hydrogen-bond acceptors (Lipinski definition) is 3. The Morgan fingerprint density at radius 1 is 1.12 bits per heavy atom. The van der Waals surface area contributed by atoms with Gasteiger partial charge in [0.1, 0.15) is 0 Å². The third-order valence-corrected chi connectivity index (χ3v) is 1.88. The average Bonchev–Trinajstić information content (AvgIpc) is 2.23. The first-order valence-corrected chi connectivity index (χ1v) is 5.89. The number of nitrogens with one attached hydrogen (secondary N) is 3. The van der Waals surface area contributed by atoms with E-state index in [1.165, 1.54) is 0 Å². The van der Waals surface area contributed by atoms with E-state index >= 15 is 0 Å². The topological polar surface area (TPSA) is 87.3 Å². The highest BCUT2D eigenvalue weighted by atomic mass is 35.5. The second-order valence-electron chi connectivity index (χ2n) is 3.87. The van der Waals surface area contributed by atoms with Gasteiger partial charge in [-0.2, -0.15) is 0 Å². The minimum absolute atomic E-state index is 0.0640. The van der Waals surface area contributed by atoms with Crippen molar-refractivity contribution in [2.24, 2.45) is 5.92 Å². The lowest BCUT2D eigenvalue weighted by molar-refractivity contribution is -0.121. The Morgan fingerprint density at radius 3 is 2.29 bits per heavy atom. The highest BCUT2D eigenvalue weighted by Gasteiger charge is 2.08. The second kappa shape index (κ2) is 8.81. The van der Waals surface area contributed by atoms with Gasteiger partial charge in [0.2, 0.25) is 11.8 Å². The van der Waals surface area contributed by atoms with Gasteiger partial charge in [-0.1, -0.05) is 13.8 Å². The zero-order chi connectivity index (χ0) is 13.3. The molecule has 4 amide bonds. The molecular formula is C10H18ClN3O3. The van der Waals surface area contributed by atoms with Gasteiger partial charge in [0.15, 0.2) is 0 Å². The van der Waals surface area contributed by atoms with Gasteiger partial charge in [-0.3, -0.25) is 14.9 Å². The summed E-state index contributed by atoms with van der Waals surface area (Å²) >= 11 is 5.32. The molecule has 3 N–H and O–H groups in total. The largest absolute Gasteiger partial charge is 0.354 e. The molecule has 0 aromatic carbocycles. The third-order valence-electron chi connectivity index (χ3n) is 1.69. The fraction of sp³-hybridized carbons (Fsp3) is 0.700. The Morgan fingerprint density at radius 2 is 1.76 bits per heavy atom. The number of rotatable bonds is 6. The Bertz CT molecular complexity index is 282. The predicted molar refractivity (Wildman–Crippen MR) is 64.7 cm³/mol. The summed E-state index contributed by atoms with van der Waals surface area (Å²) in [4.78, 5) is 33.3. The molecule has 0 radical (unpaired) electrons. The summed E-state index contributed by atoms with van der Waals surface area (Å²) in [7, 11) is 0. The summed E-state index contributed by atoms with van der Waals surface area (Å²) in [5, 5.41) is 6.95. The molecule has 0 aromatic rings. The van der Waals surface area contributed by atoms with Crippen LogP contribution in [0.4, 0.5) is 4.79 Å². The van der Waals surface area contributed by atoms with E-state index in [4.69, 9.17) is 11.6 Å². The van der Waals surface area contributed by atoms with E-state index in [1.807, 2.05) is 19.2 Å². The number of carbonyl (C=O) groups excluding carboxylic acids is 3. The number of carbonyl (C=O) groups is 3. The minimum atomic E-state index is -0.695. The summed E-state index contributed by atoms with van der Waals surface area (Å²) in [5.74, 6) is -0.273. The van der Waals surface area contributed by atoms with Crippen molar-refractivity contribution in [3.63, 3.8) is 0 Å². The lowest BCUT2D eigenvalue weighted by Gasteiger charge is -2.08. The van der Waals surface area contributed by atoms with Gasteiger partial charge in [-0.25, -0.2) is 4.79 Å². The summed E-state index contributed by atoms with van der Waals surface area (Å²) in [6.07, 6.45) is 0.0640. The molecule has 0 saturated carbocycles. The van der Waals surface area contributed by atoms with Crippen LogP contribution in [0, 0.1) is 5.92 Å². The maximum Gasteiger partial charge on any atom is 0.321 e. The van der Waals surface area contributed by atoms with Crippen LogP contribution >= 0.6 is 11.6 Å². The first-order valence-electron chi connectivity index (χ1n) is 5.36. The van der Waals surface area contributed by atoms with Crippen LogP contribution in [-0.2, 0) is 9.59 Å². The summed E-state index contributed by atoms with van der Waals surface area (Å²) in [5.41, 5.74) is 0. The number of alkyl halides is 1. The fourth-order valence-electron chi connectivity index (χ4n) is 0.860. The zero-order valence-corrected chi connectivity index (χ0v) is 10.8. The molecule has 7 heteroatoms. The SMILES string of the molecule is CC(C)CNC(=O)CNC(=O)NC(=O)CCCl. The van der Waals surface area contributed by atoms with E-state index in [1.54, 1.807) is 0 Å². The Labute approximate surface area is 105 Å². The van der Waals surface area contributed by atoms with Gasteiger partial charge in [0.25, 0.3) is 0 Å². The van der Waals surface area contributed by atoms with Gasteiger partial charge in [0.05, 0.1) is 6.54 Å². The molecule has 0 rings (SSSR count). The Balaban J connectivity index is 3.69. The van der Waals surface area contributed by atoms with Crippen LogP contribution in [0.5, 0.6) is 0 Å². The maximum absolute atomic E-state index is 11.2. The van der Waals surface area contributed by atoms with E-state index in [-0.39, 0.29) is 24.8 Å². The standard InChI is InChI=1S/C10H18ClN3O3/c1-7(2)5-12-9(16)6-13-10(17)14-8(15)3-4-11/h7H,3-6H2,1-2H3,(H,12,16)(H2,13,14,15,17). The molecule has 0 atom stereocenters. The molecule has 0 aliphatic carbocycles. The number of hydrogen-bond donors (Lipinski definition) is 3. The van der Waals surface area contributed by atoms with Crippen molar-refractivity contribution in [2.75, 3.05) is 19.0 Å². The van der Waals surface area contributed by atoms with Gasteiger partial charge < -0.3 is 10.6 Å². The van der Waals surface area contributed by atoms with Crippen LogP contribution in [-0.4, -0.2) is 36.8 Å². The highest BCUT2D eigenvalue weighted by Crippen LogP contribution is 1.86. The lowest BCUT2D eigenvalue weighted by atomic mass is 10.2. The molecule has 6 nitrogen and oxygen atoms in total. The van der Waals surface area contributed by atoms with E-state index in [0.29, 0.717) is 12.5 Å². The molecule has 0 unspecified atom stereocenters. The molecule has 0 fully saturated rings. The third kappa shape index (κ3) is 9.62. The summed E-state index contributed by atoms with van der Waals surface area (Å²) in [6.45, 7) is 4.32. The molecular weight excluding hydrogens is 246 g/mol. The quantitative estimate of drug-likeness (QED) is 0.599. The molecule has 0 saturated heterocycles. The van der Waals surface area contributed by atoms with Crippen molar-refractivity contribution in [2.45, 2.75) is 20.3 Å². The Kier molecular flexibility index (Phi) is 8.13. The zero-order valence-electron chi connectivity index (χ0n) is 10.0. The van der Waals surface area contributed by atoms with Crippen molar-refractivity contribution >= 4 is 29.4 Å². The van der Waals surface area contributed by atoms with Crippen molar-refractivity contribution in [1.82, 2.24) is 16.0 Å². The van der Waals surface area contributed by atoms with Gasteiger partial charge in [0, 0.05) is 18.8 Å². The Hall–Kier alpha value is -1.30. The van der Waals surface area contributed by atoms with Crippen molar-refractivity contribution in [3.8, 4) is 0 Å². The van der Waals surface area contributed by atoms with Crippen LogP contribution in [0.25, 0.3) is 0 Å².